The Kier molecular flexibility index (Phi) is 4.39. The van der Waals surface area contributed by atoms with Crippen molar-refractivity contribution in [3.63, 3.8) is 0 Å². The van der Waals surface area contributed by atoms with Crippen LogP contribution in [-0.4, -0.2) is 36.6 Å². The van der Waals surface area contributed by atoms with Crippen molar-refractivity contribution < 1.29 is 0 Å². The normalized spacial score (nSPS) is 18.1. The van der Waals surface area contributed by atoms with Gasteiger partial charge in [-0.2, -0.15) is 4.68 Å². The number of fused-ring (bicyclic) bond motifs is 1. The van der Waals surface area contributed by atoms with Crippen LogP contribution in [0.3, 0.4) is 0 Å². The Bertz CT molecular complexity index is 1010. The maximum atomic E-state index is 4.91. The first-order valence-corrected chi connectivity index (χ1v) is 10.1. The van der Waals surface area contributed by atoms with Crippen LogP contribution >= 0.6 is 11.3 Å². The fraction of sp³-hybridized carbons (Fsp3) is 0.300. The first-order valence-electron chi connectivity index (χ1n) is 9.31. The van der Waals surface area contributed by atoms with Crippen LogP contribution in [0.25, 0.3) is 15.9 Å². The molecule has 1 aliphatic rings. The number of hydrogen-bond donors (Lipinski definition) is 0. The summed E-state index contributed by atoms with van der Waals surface area (Å²) >= 11 is 1.81. The molecule has 0 bridgehead atoms. The van der Waals surface area contributed by atoms with Crippen molar-refractivity contribution >= 4 is 21.6 Å². The number of piperidine rings is 1. The van der Waals surface area contributed by atoms with Crippen molar-refractivity contribution in [2.75, 3.05) is 6.54 Å². The van der Waals surface area contributed by atoms with Gasteiger partial charge in [0, 0.05) is 0 Å². The number of nitrogens with zero attached hydrogens (tertiary/aromatic N) is 6. The minimum absolute atomic E-state index is 0.331. The molecule has 6 nitrogen and oxygen atoms in total. The largest absolute Gasteiger partial charge is 0.286 e. The van der Waals surface area contributed by atoms with Gasteiger partial charge in [0.1, 0.15) is 5.01 Å². The first-order chi connectivity index (χ1) is 13.4. The van der Waals surface area contributed by atoms with Crippen molar-refractivity contribution in [1.82, 2.24) is 30.1 Å². The van der Waals surface area contributed by atoms with Gasteiger partial charge in [-0.25, -0.2) is 4.98 Å². The van der Waals surface area contributed by atoms with Crippen LogP contribution in [0.4, 0.5) is 0 Å². The van der Waals surface area contributed by atoms with E-state index in [1.165, 1.54) is 22.5 Å². The summed E-state index contributed by atoms with van der Waals surface area (Å²) in [6, 6.07) is 18.8. The van der Waals surface area contributed by atoms with Gasteiger partial charge < -0.3 is 0 Å². The Hall–Kier alpha value is -2.64. The van der Waals surface area contributed by atoms with E-state index in [-0.39, 0.29) is 0 Å². The number of rotatable bonds is 4. The van der Waals surface area contributed by atoms with Gasteiger partial charge in [0.05, 0.1) is 28.5 Å². The molecule has 3 heterocycles. The van der Waals surface area contributed by atoms with Crippen molar-refractivity contribution in [3.05, 3.63) is 65.4 Å². The number of likely N-dealkylation sites (tertiary alicyclic amines) is 1. The highest BCUT2D eigenvalue weighted by molar-refractivity contribution is 7.18. The summed E-state index contributed by atoms with van der Waals surface area (Å²) in [4.78, 5) is 7.39. The number of para-hydroxylation sites is 2. The summed E-state index contributed by atoms with van der Waals surface area (Å²) in [6.07, 6.45) is 3.57. The van der Waals surface area contributed by atoms with Crippen LogP contribution in [0, 0.1) is 0 Å². The smallest absolute Gasteiger partial charge is 0.170 e. The van der Waals surface area contributed by atoms with Crippen molar-refractivity contribution in [2.45, 2.75) is 31.8 Å². The van der Waals surface area contributed by atoms with Crippen molar-refractivity contribution in [1.29, 1.82) is 0 Å². The number of hydrogen-bond acceptors (Lipinski definition) is 6. The molecule has 5 rings (SSSR count). The highest BCUT2D eigenvalue weighted by Gasteiger charge is 2.28. The number of thiazole rings is 1. The molecule has 4 aromatic rings. The topological polar surface area (TPSA) is 59.7 Å². The standard InChI is InChI=1S/C20H20N6S/c1-2-8-15(9-3-1)26-19(22-23-24-26)14-25-13-7-6-11-17(25)20-21-16-10-4-5-12-18(16)27-20/h1-5,8-10,12,17H,6-7,11,13-14H2. The highest BCUT2D eigenvalue weighted by atomic mass is 32.1. The molecule has 0 radical (unpaired) electrons. The average molecular weight is 376 g/mol. The molecule has 0 aliphatic carbocycles. The SMILES string of the molecule is c1ccc(-n2nnnc2CN2CCCCC2c2nc3ccccc3s2)cc1. The molecule has 2 aromatic heterocycles. The molecule has 1 saturated heterocycles. The Morgan fingerprint density at radius 1 is 1.00 bits per heavy atom. The molecule has 7 heteroatoms. The Balaban J connectivity index is 1.44. The zero-order chi connectivity index (χ0) is 18.1. The lowest BCUT2D eigenvalue weighted by Crippen LogP contribution is -2.33. The average Bonchev–Trinajstić information content (AvgIpc) is 3.36. The van der Waals surface area contributed by atoms with Gasteiger partial charge in [-0.1, -0.05) is 36.8 Å². The molecular weight excluding hydrogens is 356 g/mol. The van der Waals surface area contributed by atoms with Crippen LogP contribution in [0.5, 0.6) is 0 Å². The van der Waals surface area contributed by atoms with E-state index < -0.39 is 0 Å². The van der Waals surface area contributed by atoms with Crippen LogP contribution in [0.15, 0.2) is 54.6 Å². The van der Waals surface area contributed by atoms with E-state index in [1.807, 2.05) is 46.4 Å². The van der Waals surface area contributed by atoms with E-state index in [0.717, 1.165) is 36.5 Å². The fourth-order valence-corrected chi connectivity index (χ4v) is 4.89. The third kappa shape index (κ3) is 3.24. The summed E-state index contributed by atoms with van der Waals surface area (Å²) in [5, 5.41) is 13.6. The van der Waals surface area contributed by atoms with Gasteiger partial charge in [0.2, 0.25) is 0 Å². The Labute approximate surface area is 161 Å². The van der Waals surface area contributed by atoms with Crippen LogP contribution in [-0.2, 0) is 6.54 Å². The zero-order valence-corrected chi connectivity index (χ0v) is 15.7. The number of tetrazole rings is 1. The molecule has 2 aromatic carbocycles. The second-order valence-corrected chi connectivity index (χ2v) is 7.91. The van der Waals surface area contributed by atoms with Crippen molar-refractivity contribution in [3.8, 4) is 5.69 Å². The molecule has 0 N–H and O–H groups in total. The Morgan fingerprint density at radius 3 is 2.74 bits per heavy atom. The number of aromatic nitrogens is 5. The maximum absolute atomic E-state index is 4.91. The Morgan fingerprint density at radius 2 is 1.85 bits per heavy atom. The molecule has 27 heavy (non-hydrogen) atoms. The summed E-state index contributed by atoms with van der Waals surface area (Å²) < 4.78 is 3.09. The summed E-state index contributed by atoms with van der Waals surface area (Å²) in [6.45, 7) is 1.77. The van der Waals surface area contributed by atoms with Gasteiger partial charge >= 0.3 is 0 Å². The van der Waals surface area contributed by atoms with Gasteiger partial charge in [-0.3, -0.25) is 4.90 Å². The molecular formula is C20H20N6S. The second kappa shape index (κ2) is 7.17. The van der Waals surface area contributed by atoms with Crippen molar-refractivity contribution in [2.24, 2.45) is 0 Å². The number of benzene rings is 2. The minimum atomic E-state index is 0.331. The predicted molar refractivity (Wildman–Crippen MR) is 106 cm³/mol. The minimum Gasteiger partial charge on any atom is -0.286 e. The van der Waals surface area contributed by atoms with Crippen LogP contribution in [0.1, 0.15) is 36.1 Å². The van der Waals surface area contributed by atoms with E-state index >= 15 is 0 Å². The zero-order valence-electron chi connectivity index (χ0n) is 14.9. The molecule has 1 atom stereocenters. The summed E-state index contributed by atoms with van der Waals surface area (Å²) in [7, 11) is 0. The lowest BCUT2D eigenvalue weighted by Gasteiger charge is -2.33. The van der Waals surface area contributed by atoms with E-state index in [0.29, 0.717) is 6.04 Å². The predicted octanol–water partition coefficient (Wildman–Crippen LogP) is 4.00. The molecule has 0 saturated carbocycles. The van der Waals surface area contributed by atoms with E-state index in [1.54, 1.807) is 0 Å². The molecule has 136 valence electrons. The molecule has 1 unspecified atom stereocenters. The molecule has 0 spiro atoms. The molecule has 0 amide bonds. The third-order valence-corrected chi connectivity index (χ3v) is 6.23. The summed E-state index contributed by atoms with van der Waals surface area (Å²) in [5.74, 6) is 0.870. The fourth-order valence-electron chi connectivity index (χ4n) is 3.75. The van der Waals surface area contributed by atoms with E-state index in [4.69, 9.17) is 4.98 Å². The first kappa shape index (κ1) is 16.5. The lowest BCUT2D eigenvalue weighted by atomic mass is 10.0. The van der Waals surface area contributed by atoms with E-state index in [2.05, 4.69) is 44.7 Å². The molecule has 1 aliphatic heterocycles. The summed E-state index contributed by atoms with van der Waals surface area (Å²) in [5.41, 5.74) is 2.09. The highest BCUT2D eigenvalue weighted by Crippen LogP contribution is 2.36. The second-order valence-electron chi connectivity index (χ2n) is 6.84. The quantitative estimate of drug-likeness (QED) is 0.539. The monoisotopic (exact) mass is 376 g/mol. The van der Waals surface area contributed by atoms with Gasteiger partial charge in [-0.15, -0.1) is 16.4 Å². The molecule has 1 fully saturated rings. The van der Waals surface area contributed by atoms with Gasteiger partial charge in [0.15, 0.2) is 5.82 Å². The lowest BCUT2D eigenvalue weighted by molar-refractivity contribution is 0.135. The van der Waals surface area contributed by atoms with Gasteiger partial charge in [-0.05, 0) is 54.1 Å². The third-order valence-electron chi connectivity index (χ3n) is 5.09. The van der Waals surface area contributed by atoms with Crippen LogP contribution in [0.2, 0.25) is 0 Å². The van der Waals surface area contributed by atoms with Crippen LogP contribution < -0.4 is 0 Å². The van der Waals surface area contributed by atoms with E-state index in [9.17, 15) is 0 Å². The van der Waals surface area contributed by atoms with Gasteiger partial charge in [0.25, 0.3) is 0 Å². The maximum Gasteiger partial charge on any atom is 0.170 e.